The zero-order valence-electron chi connectivity index (χ0n) is 8.25. The Kier molecular flexibility index (Phi) is 2.84. The fourth-order valence-corrected chi connectivity index (χ4v) is 2.04. The molecule has 3 N–H and O–H groups in total. The van der Waals surface area contributed by atoms with Crippen molar-refractivity contribution in [3.05, 3.63) is 22.6 Å². The first-order chi connectivity index (χ1) is 7.11. The molecule has 1 aliphatic rings. The van der Waals surface area contributed by atoms with Crippen LogP contribution in [0.3, 0.4) is 0 Å². The summed E-state index contributed by atoms with van der Waals surface area (Å²) in [5.41, 5.74) is 6.32. The number of carbonyl (C=O) groups excluding carboxylic acids is 1. The summed E-state index contributed by atoms with van der Waals surface area (Å²) >= 11 is 3.16. The van der Waals surface area contributed by atoms with Crippen LogP contribution in [0, 0.1) is 0 Å². The van der Waals surface area contributed by atoms with Gasteiger partial charge in [-0.05, 0) is 41.3 Å². The van der Waals surface area contributed by atoms with E-state index in [1.165, 1.54) is 6.26 Å². The number of nitrogens with one attached hydrogen (secondary N) is 1. The minimum Gasteiger partial charge on any atom is -0.457 e. The fourth-order valence-electron chi connectivity index (χ4n) is 1.61. The molecule has 82 valence electrons. The normalized spacial score (nSPS) is 18.3. The quantitative estimate of drug-likeness (QED) is 0.879. The second-order valence-electron chi connectivity index (χ2n) is 4.01. The van der Waals surface area contributed by atoms with Gasteiger partial charge in [0.2, 0.25) is 0 Å². The van der Waals surface area contributed by atoms with Crippen molar-refractivity contribution in [3.63, 3.8) is 0 Å². The first-order valence-corrected chi connectivity index (χ1v) is 5.70. The number of nitrogens with two attached hydrogens (primary N) is 1. The Hall–Kier alpha value is -0.810. The standard InChI is InChI=1S/C10H13BrN2O2/c11-8-7(2-5-15-8)9(14)13-6-10(12)3-1-4-10/h2,5H,1,3-4,6,12H2,(H,13,14). The van der Waals surface area contributed by atoms with E-state index < -0.39 is 0 Å². The zero-order chi connectivity index (χ0) is 10.9. The first kappa shape index (κ1) is 10.7. The van der Waals surface area contributed by atoms with Crippen molar-refractivity contribution in [2.75, 3.05) is 6.54 Å². The van der Waals surface area contributed by atoms with Crippen LogP contribution in [0.15, 0.2) is 21.4 Å². The summed E-state index contributed by atoms with van der Waals surface area (Å²) < 4.78 is 5.44. The van der Waals surface area contributed by atoms with Gasteiger partial charge in [-0.3, -0.25) is 4.79 Å². The van der Waals surface area contributed by atoms with Crippen LogP contribution in [0.2, 0.25) is 0 Å². The Morgan fingerprint density at radius 3 is 2.87 bits per heavy atom. The summed E-state index contributed by atoms with van der Waals surface area (Å²) in [6.45, 7) is 0.531. The van der Waals surface area contributed by atoms with Crippen molar-refractivity contribution in [3.8, 4) is 0 Å². The Bertz CT molecular complexity index is 371. The van der Waals surface area contributed by atoms with Crippen molar-refractivity contribution in [2.45, 2.75) is 24.8 Å². The molecule has 4 nitrogen and oxygen atoms in total. The number of amides is 1. The molecule has 15 heavy (non-hydrogen) atoms. The fraction of sp³-hybridized carbons (Fsp3) is 0.500. The van der Waals surface area contributed by atoms with Gasteiger partial charge in [-0.25, -0.2) is 0 Å². The van der Waals surface area contributed by atoms with E-state index in [1.54, 1.807) is 6.07 Å². The van der Waals surface area contributed by atoms with Crippen LogP contribution in [0.4, 0.5) is 0 Å². The molecule has 0 radical (unpaired) electrons. The first-order valence-electron chi connectivity index (χ1n) is 4.91. The van der Waals surface area contributed by atoms with Gasteiger partial charge in [0.1, 0.15) is 0 Å². The number of hydrogen-bond donors (Lipinski definition) is 2. The van der Waals surface area contributed by atoms with Gasteiger partial charge in [0, 0.05) is 12.1 Å². The van der Waals surface area contributed by atoms with E-state index in [2.05, 4.69) is 21.2 Å². The predicted octanol–water partition coefficient (Wildman–Crippen LogP) is 1.65. The molecule has 1 aromatic rings. The SMILES string of the molecule is NC1(CNC(=O)c2ccoc2Br)CCC1. The van der Waals surface area contributed by atoms with Crippen molar-refractivity contribution in [1.29, 1.82) is 0 Å². The second-order valence-corrected chi connectivity index (χ2v) is 4.73. The zero-order valence-corrected chi connectivity index (χ0v) is 9.84. The van der Waals surface area contributed by atoms with Crippen molar-refractivity contribution >= 4 is 21.8 Å². The number of furan rings is 1. The number of hydrogen-bond acceptors (Lipinski definition) is 3. The average molecular weight is 273 g/mol. The maximum atomic E-state index is 11.7. The third-order valence-electron chi connectivity index (χ3n) is 2.81. The number of rotatable bonds is 3. The lowest BCUT2D eigenvalue weighted by Crippen LogP contribution is -2.54. The van der Waals surface area contributed by atoms with Crippen LogP contribution in [-0.2, 0) is 0 Å². The Labute approximate surface area is 96.3 Å². The van der Waals surface area contributed by atoms with Crippen LogP contribution < -0.4 is 11.1 Å². The van der Waals surface area contributed by atoms with E-state index >= 15 is 0 Å². The summed E-state index contributed by atoms with van der Waals surface area (Å²) in [4.78, 5) is 11.7. The minimum atomic E-state index is -0.189. The molecular weight excluding hydrogens is 260 g/mol. The van der Waals surface area contributed by atoms with Crippen molar-refractivity contribution < 1.29 is 9.21 Å². The van der Waals surface area contributed by atoms with E-state index in [4.69, 9.17) is 10.2 Å². The monoisotopic (exact) mass is 272 g/mol. The molecule has 0 spiro atoms. The molecule has 1 heterocycles. The van der Waals surface area contributed by atoms with Gasteiger partial charge in [-0.2, -0.15) is 0 Å². The van der Waals surface area contributed by atoms with Crippen LogP contribution in [0.1, 0.15) is 29.6 Å². The molecule has 1 saturated carbocycles. The molecule has 0 atom stereocenters. The number of halogens is 1. The van der Waals surface area contributed by atoms with E-state index in [-0.39, 0.29) is 11.4 Å². The highest BCUT2D eigenvalue weighted by Crippen LogP contribution is 2.28. The Morgan fingerprint density at radius 1 is 1.67 bits per heavy atom. The lowest BCUT2D eigenvalue weighted by atomic mass is 9.78. The van der Waals surface area contributed by atoms with Crippen molar-refractivity contribution in [1.82, 2.24) is 5.32 Å². The molecule has 1 fully saturated rings. The van der Waals surface area contributed by atoms with Gasteiger partial charge in [0.25, 0.3) is 5.91 Å². The van der Waals surface area contributed by atoms with Gasteiger partial charge in [0.05, 0.1) is 11.8 Å². The van der Waals surface area contributed by atoms with Crippen LogP contribution in [0.5, 0.6) is 0 Å². The molecule has 0 aliphatic heterocycles. The number of carbonyl (C=O) groups is 1. The topological polar surface area (TPSA) is 68.3 Å². The second kappa shape index (κ2) is 3.98. The third-order valence-corrected chi connectivity index (χ3v) is 3.43. The maximum absolute atomic E-state index is 11.7. The predicted molar refractivity (Wildman–Crippen MR) is 59.5 cm³/mol. The lowest BCUT2D eigenvalue weighted by molar-refractivity contribution is 0.0928. The molecule has 0 bridgehead atoms. The van der Waals surface area contributed by atoms with Gasteiger partial charge in [-0.15, -0.1) is 0 Å². The smallest absolute Gasteiger partial charge is 0.255 e. The molecule has 1 aliphatic carbocycles. The summed E-state index contributed by atoms with van der Waals surface area (Å²) in [6, 6.07) is 1.63. The summed E-state index contributed by atoms with van der Waals surface area (Å²) in [7, 11) is 0. The van der Waals surface area contributed by atoms with Gasteiger partial charge in [0.15, 0.2) is 4.67 Å². The molecule has 5 heteroatoms. The highest BCUT2D eigenvalue weighted by atomic mass is 79.9. The van der Waals surface area contributed by atoms with Crippen LogP contribution >= 0.6 is 15.9 Å². The molecular formula is C10H13BrN2O2. The summed E-state index contributed by atoms with van der Waals surface area (Å²) in [5, 5.41) is 2.81. The highest BCUT2D eigenvalue weighted by molar-refractivity contribution is 9.10. The van der Waals surface area contributed by atoms with Crippen LogP contribution in [-0.4, -0.2) is 18.0 Å². The summed E-state index contributed by atoms with van der Waals surface area (Å²) in [5.74, 6) is -0.146. The Morgan fingerprint density at radius 2 is 2.40 bits per heavy atom. The average Bonchev–Trinajstić information content (AvgIpc) is 2.58. The van der Waals surface area contributed by atoms with Gasteiger partial charge < -0.3 is 15.5 Å². The van der Waals surface area contributed by atoms with E-state index in [9.17, 15) is 4.79 Å². The lowest BCUT2D eigenvalue weighted by Gasteiger charge is -2.38. The minimum absolute atomic E-state index is 0.146. The Balaban J connectivity index is 1.90. The van der Waals surface area contributed by atoms with Gasteiger partial charge >= 0.3 is 0 Å². The molecule has 2 rings (SSSR count). The highest BCUT2D eigenvalue weighted by Gasteiger charge is 2.32. The molecule has 0 saturated heterocycles. The van der Waals surface area contributed by atoms with Gasteiger partial charge in [-0.1, -0.05) is 0 Å². The molecule has 1 amide bonds. The maximum Gasteiger partial charge on any atom is 0.255 e. The molecule has 0 unspecified atom stereocenters. The molecule has 0 aromatic carbocycles. The van der Waals surface area contributed by atoms with E-state index in [1.807, 2.05) is 0 Å². The summed E-state index contributed by atoms with van der Waals surface area (Å²) in [6.07, 6.45) is 4.60. The van der Waals surface area contributed by atoms with E-state index in [0.717, 1.165) is 19.3 Å². The largest absolute Gasteiger partial charge is 0.457 e. The van der Waals surface area contributed by atoms with E-state index in [0.29, 0.717) is 16.8 Å². The van der Waals surface area contributed by atoms with Crippen LogP contribution in [0.25, 0.3) is 0 Å². The van der Waals surface area contributed by atoms with Crippen molar-refractivity contribution in [2.24, 2.45) is 5.73 Å². The third kappa shape index (κ3) is 2.23. The molecule has 1 aromatic heterocycles.